The number of thioether (sulfide) groups is 1. The van der Waals surface area contributed by atoms with Gasteiger partial charge in [-0.2, -0.15) is 13.2 Å². The van der Waals surface area contributed by atoms with E-state index in [1.165, 1.54) is 12.1 Å². The molecule has 0 aliphatic carbocycles. The standard InChI is InChI=1S/C19H14F3N3OS/c20-19(21,22)14-8-4-9-15(12-14)25-17(26)16(13-6-2-1-3-7-13)27-18-23-10-5-11-24-18/h1-12,16H,(H,25,26)/t16-/m0/s1. The molecule has 1 aromatic heterocycles. The molecule has 0 saturated carbocycles. The molecule has 8 heteroatoms. The number of anilines is 1. The minimum Gasteiger partial charge on any atom is -0.325 e. The van der Waals surface area contributed by atoms with Crippen LogP contribution in [0.2, 0.25) is 0 Å². The third-order valence-corrected chi connectivity index (χ3v) is 4.71. The van der Waals surface area contributed by atoms with Gasteiger partial charge in [0.1, 0.15) is 5.25 Å². The average Bonchev–Trinajstić information content (AvgIpc) is 2.67. The molecule has 3 aromatic rings. The number of nitrogens with one attached hydrogen (secondary N) is 1. The number of alkyl halides is 3. The Morgan fingerprint density at radius 1 is 0.963 bits per heavy atom. The number of halogens is 3. The first-order valence-corrected chi connectivity index (χ1v) is 8.78. The summed E-state index contributed by atoms with van der Waals surface area (Å²) in [7, 11) is 0. The molecule has 1 amide bonds. The molecule has 27 heavy (non-hydrogen) atoms. The minimum absolute atomic E-state index is 0.0744. The fraction of sp³-hybridized carbons (Fsp3) is 0.105. The van der Waals surface area contributed by atoms with Gasteiger partial charge >= 0.3 is 6.18 Å². The molecular weight excluding hydrogens is 375 g/mol. The van der Waals surface area contributed by atoms with Crippen LogP contribution in [-0.4, -0.2) is 15.9 Å². The number of nitrogens with zero attached hydrogens (tertiary/aromatic N) is 2. The number of hydrogen-bond acceptors (Lipinski definition) is 4. The van der Waals surface area contributed by atoms with Crippen LogP contribution in [0.3, 0.4) is 0 Å². The van der Waals surface area contributed by atoms with Crippen molar-refractivity contribution in [3.8, 4) is 0 Å². The first-order chi connectivity index (χ1) is 12.9. The largest absolute Gasteiger partial charge is 0.416 e. The Morgan fingerprint density at radius 3 is 2.33 bits per heavy atom. The number of carbonyl (C=O) groups excluding carboxylic acids is 1. The highest BCUT2D eigenvalue weighted by Crippen LogP contribution is 2.35. The lowest BCUT2D eigenvalue weighted by molar-refractivity contribution is -0.137. The minimum atomic E-state index is -4.48. The summed E-state index contributed by atoms with van der Waals surface area (Å²) in [5, 5.41) is 2.23. The van der Waals surface area contributed by atoms with Gasteiger partial charge in [-0.1, -0.05) is 48.2 Å². The van der Waals surface area contributed by atoms with Crippen molar-refractivity contribution in [1.82, 2.24) is 9.97 Å². The summed E-state index contributed by atoms with van der Waals surface area (Å²) in [5.74, 6) is -0.460. The zero-order valence-corrected chi connectivity index (χ0v) is 14.7. The number of rotatable bonds is 5. The molecule has 0 bridgehead atoms. The highest BCUT2D eigenvalue weighted by atomic mass is 32.2. The molecule has 0 fully saturated rings. The number of amides is 1. The van der Waals surface area contributed by atoms with Crippen LogP contribution in [0.15, 0.2) is 78.2 Å². The summed E-state index contributed by atoms with van der Waals surface area (Å²) in [6, 6.07) is 15.1. The Kier molecular flexibility index (Phi) is 5.75. The Morgan fingerprint density at radius 2 is 1.67 bits per heavy atom. The van der Waals surface area contributed by atoms with Crippen molar-refractivity contribution in [2.45, 2.75) is 16.6 Å². The monoisotopic (exact) mass is 389 g/mol. The molecule has 138 valence electrons. The molecule has 4 nitrogen and oxygen atoms in total. The van der Waals surface area contributed by atoms with Crippen LogP contribution in [-0.2, 0) is 11.0 Å². The summed E-state index contributed by atoms with van der Waals surface area (Å²) in [5.41, 5.74) is -0.0552. The van der Waals surface area contributed by atoms with Gasteiger partial charge in [0.05, 0.1) is 5.56 Å². The van der Waals surface area contributed by atoms with E-state index in [1.807, 2.05) is 6.07 Å². The zero-order valence-electron chi connectivity index (χ0n) is 13.9. The first-order valence-electron chi connectivity index (χ1n) is 7.90. The van der Waals surface area contributed by atoms with E-state index in [0.717, 1.165) is 23.9 Å². The molecule has 0 radical (unpaired) electrons. The van der Waals surface area contributed by atoms with E-state index >= 15 is 0 Å². The molecule has 3 rings (SSSR count). The summed E-state index contributed by atoms with van der Waals surface area (Å²) in [4.78, 5) is 21.0. The molecule has 0 aliphatic rings. The third kappa shape index (κ3) is 5.07. The second kappa shape index (κ2) is 8.22. The maximum atomic E-state index is 12.9. The quantitative estimate of drug-likeness (QED) is 0.495. The van der Waals surface area contributed by atoms with E-state index in [9.17, 15) is 18.0 Å². The lowest BCUT2D eigenvalue weighted by Crippen LogP contribution is -2.19. The van der Waals surface area contributed by atoms with E-state index in [2.05, 4.69) is 15.3 Å². The van der Waals surface area contributed by atoms with Gasteiger partial charge in [0.15, 0.2) is 5.16 Å². The maximum absolute atomic E-state index is 12.9. The number of benzene rings is 2. The summed E-state index contributed by atoms with van der Waals surface area (Å²) in [6.07, 6.45) is -1.36. The van der Waals surface area contributed by atoms with Gasteiger partial charge in [-0.05, 0) is 29.8 Å². The second-order valence-electron chi connectivity index (χ2n) is 5.51. The van der Waals surface area contributed by atoms with Gasteiger partial charge in [-0.3, -0.25) is 4.79 Å². The van der Waals surface area contributed by atoms with Crippen LogP contribution < -0.4 is 5.32 Å². The van der Waals surface area contributed by atoms with Gasteiger partial charge in [0.25, 0.3) is 0 Å². The lowest BCUT2D eigenvalue weighted by Gasteiger charge is -2.17. The van der Waals surface area contributed by atoms with Crippen molar-refractivity contribution >= 4 is 23.4 Å². The van der Waals surface area contributed by atoms with E-state index in [1.54, 1.807) is 42.7 Å². The molecule has 0 unspecified atom stereocenters. The van der Waals surface area contributed by atoms with Crippen molar-refractivity contribution in [1.29, 1.82) is 0 Å². The molecule has 0 aliphatic heterocycles. The summed E-state index contributed by atoms with van der Waals surface area (Å²) >= 11 is 1.12. The van der Waals surface area contributed by atoms with E-state index in [0.29, 0.717) is 10.7 Å². The summed E-state index contributed by atoms with van der Waals surface area (Å²) in [6.45, 7) is 0. The molecule has 2 aromatic carbocycles. The Hall–Kier alpha value is -2.87. The maximum Gasteiger partial charge on any atom is 0.416 e. The molecule has 1 N–H and O–H groups in total. The van der Waals surface area contributed by atoms with Gasteiger partial charge in [-0.25, -0.2) is 9.97 Å². The van der Waals surface area contributed by atoms with Crippen molar-refractivity contribution in [2.24, 2.45) is 0 Å². The fourth-order valence-corrected chi connectivity index (χ4v) is 3.25. The second-order valence-corrected chi connectivity index (χ2v) is 6.58. The number of hydrogen-bond donors (Lipinski definition) is 1. The summed E-state index contributed by atoms with van der Waals surface area (Å²) < 4.78 is 38.6. The van der Waals surface area contributed by atoms with Crippen molar-refractivity contribution < 1.29 is 18.0 Å². The molecule has 0 saturated heterocycles. The van der Waals surface area contributed by atoms with Crippen LogP contribution in [0.25, 0.3) is 0 Å². The van der Waals surface area contributed by atoms with E-state index in [-0.39, 0.29) is 5.69 Å². The van der Waals surface area contributed by atoms with Crippen LogP contribution in [0.1, 0.15) is 16.4 Å². The van der Waals surface area contributed by atoms with Crippen LogP contribution in [0.4, 0.5) is 18.9 Å². The smallest absolute Gasteiger partial charge is 0.325 e. The van der Waals surface area contributed by atoms with Crippen LogP contribution in [0, 0.1) is 0 Å². The Balaban J connectivity index is 1.85. The van der Waals surface area contributed by atoms with Crippen molar-refractivity contribution in [3.63, 3.8) is 0 Å². The number of carbonyl (C=O) groups is 1. The van der Waals surface area contributed by atoms with E-state index < -0.39 is 22.9 Å². The normalized spacial score (nSPS) is 12.4. The SMILES string of the molecule is O=C(Nc1cccc(C(F)(F)F)c1)[C@@H](Sc1ncccn1)c1ccccc1. The molecular formula is C19H14F3N3OS. The van der Waals surface area contributed by atoms with Gasteiger partial charge in [0.2, 0.25) is 5.91 Å². The topological polar surface area (TPSA) is 54.9 Å². The molecule has 0 spiro atoms. The van der Waals surface area contributed by atoms with Gasteiger partial charge < -0.3 is 5.32 Å². The first kappa shape index (κ1) is 18.9. The average molecular weight is 389 g/mol. The van der Waals surface area contributed by atoms with Crippen molar-refractivity contribution in [3.05, 3.63) is 84.2 Å². The van der Waals surface area contributed by atoms with Crippen LogP contribution >= 0.6 is 11.8 Å². The predicted octanol–water partition coefficient (Wildman–Crippen LogP) is 4.97. The van der Waals surface area contributed by atoms with E-state index in [4.69, 9.17) is 0 Å². The highest BCUT2D eigenvalue weighted by molar-refractivity contribution is 8.00. The predicted molar refractivity (Wildman–Crippen MR) is 97.1 cm³/mol. The van der Waals surface area contributed by atoms with Crippen LogP contribution in [0.5, 0.6) is 0 Å². The molecule has 1 atom stereocenters. The number of aromatic nitrogens is 2. The third-order valence-electron chi connectivity index (χ3n) is 3.56. The van der Waals surface area contributed by atoms with Crippen molar-refractivity contribution in [2.75, 3.05) is 5.32 Å². The van der Waals surface area contributed by atoms with Gasteiger partial charge in [0, 0.05) is 18.1 Å². The Labute approximate surface area is 157 Å². The van der Waals surface area contributed by atoms with Gasteiger partial charge in [-0.15, -0.1) is 0 Å². The Bertz CT molecular complexity index is 905. The highest BCUT2D eigenvalue weighted by Gasteiger charge is 2.31. The fourth-order valence-electron chi connectivity index (χ4n) is 2.33. The lowest BCUT2D eigenvalue weighted by atomic mass is 10.1. The molecule has 1 heterocycles. The zero-order chi connectivity index (χ0) is 19.3.